The van der Waals surface area contributed by atoms with Gasteiger partial charge in [0.2, 0.25) is 0 Å². The van der Waals surface area contributed by atoms with E-state index >= 15 is 0 Å². The van der Waals surface area contributed by atoms with Crippen molar-refractivity contribution in [3.8, 4) is 0 Å². The number of ketones is 1. The lowest BCUT2D eigenvalue weighted by atomic mass is 9.64. The highest BCUT2D eigenvalue weighted by atomic mass is 16.3. The van der Waals surface area contributed by atoms with Gasteiger partial charge in [-0.1, -0.05) is 147 Å². The highest BCUT2D eigenvalue weighted by Gasteiger charge is 2.35. The van der Waals surface area contributed by atoms with Crippen molar-refractivity contribution in [2.75, 3.05) is 6.61 Å². The first-order chi connectivity index (χ1) is 20.8. The lowest BCUT2D eigenvalue weighted by molar-refractivity contribution is -0.126. The molecule has 2 heteroatoms. The van der Waals surface area contributed by atoms with E-state index in [0.717, 1.165) is 31.6 Å². The molecule has 2 aliphatic rings. The van der Waals surface area contributed by atoms with Gasteiger partial charge in [-0.3, -0.25) is 4.79 Å². The van der Waals surface area contributed by atoms with Gasteiger partial charge < -0.3 is 5.11 Å². The number of hydrogen-bond acceptors (Lipinski definition) is 2. The number of carbonyl (C=O) groups excluding carboxylic acids is 1. The molecule has 0 aromatic heterocycles. The van der Waals surface area contributed by atoms with Gasteiger partial charge in [-0.15, -0.1) is 0 Å². The van der Waals surface area contributed by atoms with Crippen LogP contribution >= 0.6 is 0 Å². The third-order valence-corrected chi connectivity index (χ3v) is 10.4. The molecule has 2 aliphatic carbocycles. The summed E-state index contributed by atoms with van der Waals surface area (Å²) in [5.41, 5.74) is 11.8. The minimum atomic E-state index is -0.310. The van der Waals surface area contributed by atoms with Crippen LogP contribution in [0.2, 0.25) is 0 Å². The molecule has 0 aliphatic heterocycles. The summed E-state index contributed by atoms with van der Waals surface area (Å²) in [6, 6.07) is 18.6. The first kappa shape index (κ1) is 34.2. The minimum absolute atomic E-state index is 0.0116. The van der Waals surface area contributed by atoms with Crippen LogP contribution in [0.3, 0.4) is 0 Å². The number of allylic oxidation sites excluding steroid dienone is 6. The average molecular weight is 595 g/mol. The van der Waals surface area contributed by atoms with E-state index in [1.165, 1.54) is 65.5 Å². The monoisotopic (exact) mass is 594 g/mol. The summed E-state index contributed by atoms with van der Waals surface area (Å²) in [5, 5.41) is 9.18. The summed E-state index contributed by atoms with van der Waals surface area (Å²) in [6.45, 7) is 17.9. The molecular formula is C42H58O2. The quantitative estimate of drug-likeness (QED) is 0.248. The lowest BCUT2D eigenvalue weighted by Gasteiger charge is -2.41. The van der Waals surface area contributed by atoms with Gasteiger partial charge >= 0.3 is 0 Å². The molecule has 1 saturated carbocycles. The van der Waals surface area contributed by atoms with Crippen molar-refractivity contribution in [1.82, 2.24) is 0 Å². The Morgan fingerprint density at radius 3 is 1.91 bits per heavy atom. The van der Waals surface area contributed by atoms with Gasteiger partial charge in [-0.05, 0) is 93.7 Å². The Labute approximate surface area is 268 Å². The SMILES string of the molecule is CCC(CCCCCCC1C/C(=C2/CC(c3ccc(C(C)(C)C)cc3)=CC=C2c2ccc(C(C)(C)C)cc2)C1C)C(=O)CO. The third kappa shape index (κ3) is 8.30. The lowest BCUT2D eigenvalue weighted by Crippen LogP contribution is -2.28. The standard InChI is InChI=1S/C42H58O2/c1-9-30(40(44)28-43)14-12-10-11-13-15-33-26-38(29(33)2)39-27-34(31-16-21-35(22-17-31)41(3,4)5)20-25-37(39)32-18-23-36(24-19-32)42(6,7)8/h16-25,29-30,33,43H,9-15,26-28H2,1-8H3/b39-38+. The zero-order valence-corrected chi connectivity index (χ0v) is 28.9. The van der Waals surface area contributed by atoms with Gasteiger partial charge in [0.25, 0.3) is 0 Å². The van der Waals surface area contributed by atoms with Gasteiger partial charge in [0.1, 0.15) is 6.61 Å². The Morgan fingerprint density at radius 1 is 0.818 bits per heavy atom. The van der Waals surface area contributed by atoms with Crippen LogP contribution in [0.1, 0.15) is 135 Å². The second-order valence-corrected chi connectivity index (χ2v) is 15.6. The molecule has 0 radical (unpaired) electrons. The molecule has 0 amide bonds. The predicted molar refractivity (Wildman–Crippen MR) is 189 cm³/mol. The van der Waals surface area contributed by atoms with Crippen LogP contribution in [0.5, 0.6) is 0 Å². The molecule has 2 aromatic rings. The third-order valence-electron chi connectivity index (χ3n) is 10.4. The molecule has 3 unspecified atom stereocenters. The van der Waals surface area contributed by atoms with Crippen LogP contribution in [0.15, 0.2) is 71.8 Å². The van der Waals surface area contributed by atoms with Gasteiger partial charge in [0.15, 0.2) is 5.78 Å². The smallest absolute Gasteiger partial charge is 0.161 e. The van der Waals surface area contributed by atoms with E-state index in [1.54, 1.807) is 11.1 Å². The molecule has 2 aromatic carbocycles. The first-order valence-electron chi connectivity index (χ1n) is 17.3. The molecule has 0 saturated heterocycles. The normalized spacial score (nSPS) is 21.4. The van der Waals surface area contributed by atoms with E-state index in [2.05, 4.69) is 116 Å². The van der Waals surface area contributed by atoms with E-state index in [9.17, 15) is 9.90 Å². The number of aliphatic hydroxyl groups is 1. The number of aliphatic hydroxyl groups excluding tert-OH is 1. The van der Waals surface area contributed by atoms with Crippen molar-refractivity contribution in [1.29, 1.82) is 0 Å². The number of carbonyl (C=O) groups is 1. The summed E-state index contributed by atoms with van der Waals surface area (Å²) in [4.78, 5) is 11.9. The summed E-state index contributed by atoms with van der Waals surface area (Å²) in [5.74, 6) is 1.44. The Bertz CT molecular complexity index is 1350. The molecule has 44 heavy (non-hydrogen) atoms. The van der Waals surface area contributed by atoms with E-state index in [0.29, 0.717) is 5.92 Å². The first-order valence-corrected chi connectivity index (χ1v) is 17.3. The van der Waals surface area contributed by atoms with Crippen LogP contribution < -0.4 is 0 Å². The van der Waals surface area contributed by atoms with Gasteiger partial charge in [-0.25, -0.2) is 0 Å². The van der Waals surface area contributed by atoms with Gasteiger partial charge in [0.05, 0.1) is 0 Å². The van der Waals surface area contributed by atoms with Crippen LogP contribution in [0.4, 0.5) is 0 Å². The van der Waals surface area contributed by atoms with E-state index in [-0.39, 0.29) is 29.1 Å². The van der Waals surface area contributed by atoms with Crippen molar-refractivity contribution < 1.29 is 9.90 Å². The Hall–Kier alpha value is -2.71. The largest absolute Gasteiger partial charge is 0.389 e. The molecule has 1 N–H and O–H groups in total. The second-order valence-electron chi connectivity index (χ2n) is 15.6. The number of Topliss-reactive ketones (excluding diaryl/α,β-unsaturated/α-hetero) is 1. The molecule has 0 bridgehead atoms. The molecular weight excluding hydrogens is 536 g/mol. The molecule has 0 spiro atoms. The average Bonchev–Trinajstić information content (AvgIpc) is 3.00. The molecule has 3 atom stereocenters. The fourth-order valence-electron chi connectivity index (χ4n) is 7.11. The van der Waals surface area contributed by atoms with Crippen molar-refractivity contribution in [3.05, 3.63) is 94.1 Å². The van der Waals surface area contributed by atoms with Crippen LogP contribution in [-0.2, 0) is 15.6 Å². The van der Waals surface area contributed by atoms with Crippen LogP contribution in [0, 0.1) is 17.8 Å². The molecule has 1 fully saturated rings. The maximum atomic E-state index is 11.9. The van der Waals surface area contributed by atoms with E-state index < -0.39 is 0 Å². The fraction of sp³-hybridized carbons (Fsp3) is 0.548. The number of benzene rings is 2. The molecule has 4 rings (SSSR count). The zero-order valence-electron chi connectivity index (χ0n) is 28.9. The zero-order chi connectivity index (χ0) is 32.1. The molecule has 2 nitrogen and oxygen atoms in total. The summed E-state index contributed by atoms with van der Waals surface area (Å²) in [6.07, 6.45) is 14.8. The number of hydrogen-bond donors (Lipinski definition) is 1. The van der Waals surface area contributed by atoms with E-state index in [1.807, 2.05) is 0 Å². The summed E-state index contributed by atoms with van der Waals surface area (Å²) >= 11 is 0. The van der Waals surface area contributed by atoms with E-state index in [4.69, 9.17) is 0 Å². The van der Waals surface area contributed by atoms with Crippen molar-refractivity contribution in [2.24, 2.45) is 17.8 Å². The number of unbranched alkanes of at least 4 members (excludes halogenated alkanes) is 3. The Kier molecular flexibility index (Phi) is 11.3. The molecule has 238 valence electrons. The minimum Gasteiger partial charge on any atom is -0.389 e. The highest BCUT2D eigenvalue weighted by molar-refractivity contribution is 5.89. The topological polar surface area (TPSA) is 37.3 Å². The highest BCUT2D eigenvalue weighted by Crippen LogP contribution is 2.50. The summed E-state index contributed by atoms with van der Waals surface area (Å²) < 4.78 is 0. The second kappa shape index (κ2) is 14.6. The number of rotatable bonds is 12. The molecule has 0 heterocycles. The van der Waals surface area contributed by atoms with Gasteiger partial charge in [0, 0.05) is 5.92 Å². The van der Waals surface area contributed by atoms with Crippen LogP contribution in [0.25, 0.3) is 11.1 Å². The maximum Gasteiger partial charge on any atom is 0.161 e. The van der Waals surface area contributed by atoms with Crippen molar-refractivity contribution >= 4 is 16.9 Å². The maximum absolute atomic E-state index is 11.9. The van der Waals surface area contributed by atoms with Gasteiger partial charge in [-0.2, -0.15) is 0 Å². The van der Waals surface area contributed by atoms with Crippen molar-refractivity contribution in [3.63, 3.8) is 0 Å². The fourth-order valence-corrected chi connectivity index (χ4v) is 7.11. The summed E-state index contributed by atoms with van der Waals surface area (Å²) in [7, 11) is 0. The predicted octanol–water partition coefficient (Wildman–Crippen LogP) is 11.0. The Balaban J connectivity index is 1.47. The van der Waals surface area contributed by atoms with Crippen LogP contribution in [-0.4, -0.2) is 17.5 Å². The Morgan fingerprint density at radius 2 is 1.39 bits per heavy atom. The van der Waals surface area contributed by atoms with Crippen molar-refractivity contribution in [2.45, 2.75) is 124 Å².